The minimum absolute atomic E-state index is 0.906. The highest BCUT2D eigenvalue weighted by Crippen LogP contribution is 2.51. The Kier molecular flexibility index (Phi) is 17.9. The smallest absolute Gasteiger partial charge is 0.135 e. The van der Waals surface area contributed by atoms with Crippen LogP contribution in [0.4, 0.5) is 0 Å². The van der Waals surface area contributed by atoms with Gasteiger partial charge in [0, 0.05) is 140 Å². The van der Waals surface area contributed by atoms with Crippen molar-refractivity contribution < 1.29 is 4.42 Å². The van der Waals surface area contributed by atoms with Crippen molar-refractivity contribution in [3.8, 4) is 67.5 Å². The largest absolute Gasteiger partial charge is 0.456 e. The molecule has 0 fully saturated rings. The van der Waals surface area contributed by atoms with E-state index in [9.17, 15) is 0 Å². The zero-order valence-electron chi connectivity index (χ0n) is 75.8. The molecule has 0 aliphatic rings. The first-order chi connectivity index (χ1) is 69.5. The lowest BCUT2D eigenvalue weighted by atomic mass is 9.99. The van der Waals surface area contributed by atoms with Crippen LogP contribution in [0.1, 0.15) is 0 Å². The number of para-hydroxylation sites is 6. The van der Waals surface area contributed by atoms with Crippen LogP contribution in [0.25, 0.3) is 273 Å². The topological polar surface area (TPSA) is 42.7 Å². The Morgan fingerprint density at radius 1 is 0.150 bits per heavy atom. The minimum atomic E-state index is 0.906. The summed E-state index contributed by atoms with van der Waals surface area (Å²) >= 11 is 1.87. The Morgan fingerprint density at radius 2 is 0.521 bits per heavy atom. The Labute approximate surface area is 807 Å². The molecule has 0 unspecified atom stereocenters. The fourth-order valence-corrected chi connectivity index (χ4v) is 24.4. The predicted octanol–water partition coefficient (Wildman–Crippen LogP) is 36.4. The van der Waals surface area contributed by atoms with E-state index >= 15 is 0 Å². The van der Waals surface area contributed by atoms with E-state index in [0.717, 1.165) is 44.7 Å². The summed E-state index contributed by atoms with van der Waals surface area (Å²) < 4.78 is 23.5. The molecule has 0 N–H and O–H groups in total. The quantitative estimate of drug-likeness (QED) is 0.142. The number of hydrogen-bond acceptors (Lipinski definition) is 2. The Morgan fingerprint density at radius 3 is 1.12 bits per heavy atom. The molecule has 652 valence electrons. The van der Waals surface area contributed by atoms with Crippen LogP contribution in [-0.4, -0.2) is 27.4 Å². The fraction of sp³-hybridized carbons (Fsp3) is 0. The molecule has 8 heterocycles. The van der Waals surface area contributed by atoms with Crippen molar-refractivity contribution in [2.45, 2.75) is 0 Å². The molecule has 23 aromatic carbocycles. The molecule has 31 rings (SSSR count). The molecule has 7 nitrogen and oxygen atoms in total. The lowest BCUT2D eigenvalue weighted by Gasteiger charge is -2.12. The Hall–Kier alpha value is -18.3. The zero-order chi connectivity index (χ0) is 91.7. The van der Waals surface area contributed by atoms with Gasteiger partial charge in [0.2, 0.25) is 0 Å². The first-order valence-corrected chi connectivity index (χ1v) is 48.8. The average Bonchev–Trinajstić information content (AvgIpc) is 1.54. The van der Waals surface area contributed by atoms with Crippen LogP contribution in [0.15, 0.2) is 502 Å². The number of aromatic nitrogens is 6. The van der Waals surface area contributed by atoms with Gasteiger partial charge in [-0.25, -0.2) is 0 Å². The van der Waals surface area contributed by atoms with Gasteiger partial charge in [-0.3, -0.25) is 0 Å². The van der Waals surface area contributed by atoms with Crippen LogP contribution in [0.5, 0.6) is 0 Å². The highest BCUT2D eigenvalue weighted by molar-refractivity contribution is 7.26. The number of fused-ring (bicyclic) bond motifs is 32. The van der Waals surface area contributed by atoms with Gasteiger partial charge in [-0.2, -0.15) is 0 Å². The first kappa shape index (κ1) is 79.1. The van der Waals surface area contributed by atoms with Gasteiger partial charge in [-0.1, -0.05) is 340 Å². The zero-order valence-corrected chi connectivity index (χ0v) is 76.7. The molecular formula is C132H82N6OS. The summed E-state index contributed by atoms with van der Waals surface area (Å²) in [6.45, 7) is 0. The normalized spacial score (nSPS) is 12.0. The standard InChI is InChI=1S/C46H28N2S.C46H30N2.C40H24N2O/c1-2-12-31(13-3-1)48-40-26-23-29-11-4-5-14-33(29)45(40)38-27-37-35-15-6-8-18-39(35)47(41(37)28-42(38)48)32-24-21-30(22-25-32)34-17-10-20-44-46(34)36-16-7-9-19-43(36)49-44;1-3-12-31(13-4-1)33-22-25-36(26-23-33)47-41-21-10-9-20-39(41)44-42(47)28-29-43-45(44)40-27-24-34-16-7-8-19-38(34)46(40)48(43)37-18-11-17-35(30-37)32-14-5-2-6-15-32;1-2-11-26(12-3-1)41-33-16-8-6-15-30(33)38-34(41)21-22-35-39(38)31-20-18-25-10-4-5-13-28(25)40(31)42(35)27-19-23-37-32(24-27)29-14-7-9-17-36(29)43-37/h1-28H;1-30H;1-24H. The lowest BCUT2D eigenvalue weighted by Crippen LogP contribution is -1.96. The summed E-state index contributed by atoms with van der Waals surface area (Å²) in [5.74, 6) is 0. The van der Waals surface area contributed by atoms with E-state index < -0.39 is 0 Å². The Balaban J connectivity index is 0.000000101. The third-order valence-electron chi connectivity index (χ3n) is 29.3. The van der Waals surface area contributed by atoms with E-state index in [4.69, 9.17) is 4.42 Å². The maximum atomic E-state index is 6.21. The molecule has 0 aliphatic heterocycles. The van der Waals surface area contributed by atoms with Gasteiger partial charge in [-0.05, 0) is 213 Å². The van der Waals surface area contributed by atoms with Crippen molar-refractivity contribution in [1.29, 1.82) is 0 Å². The molecule has 140 heavy (non-hydrogen) atoms. The highest BCUT2D eigenvalue weighted by Gasteiger charge is 2.28. The van der Waals surface area contributed by atoms with Crippen LogP contribution in [0.2, 0.25) is 0 Å². The molecule has 0 aliphatic carbocycles. The number of rotatable bonds is 9. The summed E-state index contributed by atoms with van der Waals surface area (Å²) in [7, 11) is 0. The van der Waals surface area contributed by atoms with Gasteiger partial charge in [0.15, 0.2) is 0 Å². The Bertz CT molecular complexity index is 10500. The van der Waals surface area contributed by atoms with Crippen molar-refractivity contribution >= 4 is 217 Å². The number of furan rings is 1. The molecule has 8 aromatic heterocycles. The van der Waals surface area contributed by atoms with Crippen molar-refractivity contribution in [3.63, 3.8) is 0 Å². The second-order valence-electron chi connectivity index (χ2n) is 36.8. The van der Waals surface area contributed by atoms with Gasteiger partial charge in [0.1, 0.15) is 11.2 Å². The SMILES string of the molecule is c1ccc(-c2ccc(-n3c4ccccc4c4c5c6ccc7ccccc7c6n(-c6cccc(-c7ccccc7)c6)c5ccc43)cc2)cc1.c1ccc(-n2c3cc4c(cc3c3c5ccccc5ccc32)c2ccccc2n4-c2ccc(-c3cccc4sc5ccccc5c34)cc2)cc1.c1ccc(-n2c3ccccc3c3c4c5ccc6ccccc6c5n(-c5ccc6oc7ccccc7c6c5)c4ccc32)cc1. The van der Waals surface area contributed by atoms with Gasteiger partial charge in [-0.15, -0.1) is 11.3 Å². The number of nitrogens with zero attached hydrogens (tertiary/aromatic N) is 6. The predicted molar refractivity (Wildman–Crippen MR) is 594 cm³/mol. The third-order valence-corrected chi connectivity index (χ3v) is 30.4. The molecule has 31 aromatic rings. The molecular weight excluding hydrogens is 1720 g/mol. The van der Waals surface area contributed by atoms with Crippen molar-refractivity contribution in [2.24, 2.45) is 0 Å². The number of hydrogen-bond donors (Lipinski definition) is 0. The van der Waals surface area contributed by atoms with Crippen molar-refractivity contribution in [2.75, 3.05) is 0 Å². The molecule has 0 bridgehead atoms. The second kappa shape index (κ2) is 31.6. The van der Waals surface area contributed by atoms with Crippen molar-refractivity contribution in [3.05, 3.63) is 497 Å². The molecule has 0 saturated carbocycles. The van der Waals surface area contributed by atoms with E-state index in [1.54, 1.807) is 0 Å². The maximum absolute atomic E-state index is 6.21. The van der Waals surface area contributed by atoms with Gasteiger partial charge in [0.05, 0.1) is 66.2 Å². The van der Waals surface area contributed by atoms with Crippen LogP contribution in [0.3, 0.4) is 0 Å². The average molecular weight is 1800 g/mol. The number of benzene rings is 23. The molecule has 0 saturated heterocycles. The van der Waals surface area contributed by atoms with E-state index in [2.05, 4.69) is 513 Å². The molecule has 8 heteroatoms. The van der Waals surface area contributed by atoms with E-state index in [1.807, 2.05) is 23.5 Å². The van der Waals surface area contributed by atoms with E-state index in [1.165, 1.54) is 228 Å². The monoisotopic (exact) mass is 1800 g/mol. The first-order valence-electron chi connectivity index (χ1n) is 48.0. The molecule has 0 spiro atoms. The second-order valence-corrected chi connectivity index (χ2v) is 37.9. The van der Waals surface area contributed by atoms with Crippen LogP contribution >= 0.6 is 11.3 Å². The summed E-state index contributed by atoms with van der Waals surface area (Å²) in [5, 5.41) is 27.7. The number of thiophene rings is 1. The molecule has 0 atom stereocenters. The molecule has 0 radical (unpaired) electrons. The van der Waals surface area contributed by atoms with Crippen molar-refractivity contribution in [1.82, 2.24) is 27.4 Å². The van der Waals surface area contributed by atoms with Crippen LogP contribution in [-0.2, 0) is 0 Å². The fourth-order valence-electron chi connectivity index (χ4n) is 23.3. The summed E-state index contributed by atoms with van der Waals surface area (Å²) in [6, 6.07) is 181. The van der Waals surface area contributed by atoms with Gasteiger partial charge in [0.25, 0.3) is 0 Å². The summed E-state index contributed by atoms with van der Waals surface area (Å²) in [6.07, 6.45) is 0. The van der Waals surface area contributed by atoms with E-state index in [-0.39, 0.29) is 0 Å². The van der Waals surface area contributed by atoms with E-state index in [0.29, 0.717) is 0 Å². The third kappa shape index (κ3) is 12.2. The maximum Gasteiger partial charge on any atom is 0.135 e. The minimum Gasteiger partial charge on any atom is -0.456 e. The van der Waals surface area contributed by atoms with Crippen LogP contribution in [0, 0.1) is 0 Å². The van der Waals surface area contributed by atoms with Gasteiger partial charge >= 0.3 is 0 Å². The molecule has 0 amide bonds. The van der Waals surface area contributed by atoms with Crippen LogP contribution < -0.4 is 0 Å². The lowest BCUT2D eigenvalue weighted by molar-refractivity contribution is 0.669. The highest BCUT2D eigenvalue weighted by atomic mass is 32.1. The summed E-state index contributed by atoms with van der Waals surface area (Å²) in [4.78, 5) is 0. The summed E-state index contributed by atoms with van der Waals surface area (Å²) in [5.41, 5.74) is 30.7. The van der Waals surface area contributed by atoms with Gasteiger partial charge < -0.3 is 31.8 Å².